The number of rotatable bonds is 9. The van der Waals surface area contributed by atoms with Gasteiger partial charge in [-0.15, -0.1) is 0 Å². The van der Waals surface area contributed by atoms with Gasteiger partial charge in [0.15, 0.2) is 18.4 Å². The summed E-state index contributed by atoms with van der Waals surface area (Å²) in [5.74, 6) is -3.18. The van der Waals surface area contributed by atoms with Gasteiger partial charge in [0.25, 0.3) is 5.91 Å². The predicted octanol–water partition coefficient (Wildman–Crippen LogP) is 0.473. The van der Waals surface area contributed by atoms with Gasteiger partial charge in [-0.1, -0.05) is 12.1 Å². The first-order chi connectivity index (χ1) is 18.6. The number of hydrogen-bond acceptors (Lipinski definition) is 9. The van der Waals surface area contributed by atoms with Gasteiger partial charge < -0.3 is 35.4 Å². The fourth-order valence-electron chi connectivity index (χ4n) is 3.83. The van der Waals surface area contributed by atoms with E-state index in [2.05, 4.69) is 10.2 Å². The number of carbonyl (C=O) groups is 4. The van der Waals surface area contributed by atoms with Gasteiger partial charge in [-0.3, -0.25) is 14.6 Å². The summed E-state index contributed by atoms with van der Waals surface area (Å²) in [6.07, 6.45) is -4.49. The van der Waals surface area contributed by atoms with Crippen molar-refractivity contribution in [3.8, 4) is 5.75 Å². The molecule has 1 aromatic carbocycles. The number of carboxylic acids is 2. The number of anilines is 1. The lowest BCUT2D eigenvalue weighted by atomic mass is 10.0. The molecule has 2 fully saturated rings. The third kappa shape index (κ3) is 9.69. The molecule has 0 unspecified atom stereocenters. The van der Waals surface area contributed by atoms with E-state index in [-0.39, 0.29) is 12.3 Å². The Bertz CT molecular complexity index is 1070. The van der Waals surface area contributed by atoms with Crippen molar-refractivity contribution >= 4 is 29.6 Å². The number of urea groups is 1. The Kier molecular flexibility index (Phi) is 11.3. The van der Waals surface area contributed by atoms with Crippen LogP contribution in [0.25, 0.3) is 0 Å². The highest BCUT2D eigenvalue weighted by atomic mass is 19.4. The number of piperazine rings is 1. The van der Waals surface area contributed by atoms with Crippen LogP contribution in [0.1, 0.15) is 13.3 Å². The number of hydrogen-bond donors (Lipinski definition) is 5. The van der Waals surface area contributed by atoms with E-state index < -0.39 is 48.5 Å². The summed E-state index contributed by atoms with van der Waals surface area (Å²) in [6.45, 7) is 2.91. The number of benzene rings is 1. The predicted molar refractivity (Wildman–Crippen MR) is 133 cm³/mol. The Morgan fingerprint density at radius 3 is 2.20 bits per heavy atom. The fraction of sp³-hybridized carbons (Fsp3) is 0.500. The Labute approximate surface area is 227 Å². The SMILES string of the molecule is C[C@]1(O)C(=O)N(CCCN2CCN(c3ccccc3OCC(F)(F)F)CC2)C(=O)N[C@H]1O.O=C(O)/C=C/C(=O)O. The van der Waals surface area contributed by atoms with Gasteiger partial charge in [0.2, 0.25) is 0 Å². The maximum absolute atomic E-state index is 12.5. The number of carbonyl (C=O) groups excluding carboxylic acids is 2. The Morgan fingerprint density at radius 1 is 1.07 bits per heavy atom. The molecule has 0 saturated carbocycles. The van der Waals surface area contributed by atoms with E-state index in [1.807, 2.05) is 4.90 Å². The Morgan fingerprint density at radius 2 is 1.65 bits per heavy atom. The van der Waals surface area contributed by atoms with Crippen LogP contribution < -0.4 is 15.0 Å². The van der Waals surface area contributed by atoms with Crippen molar-refractivity contribution in [2.24, 2.45) is 0 Å². The molecule has 13 nitrogen and oxygen atoms in total. The lowest BCUT2D eigenvalue weighted by Gasteiger charge is -2.39. The van der Waals surface area contributed by atoms with Crippen molar-refractivity contribution in [3.63, 3.8) is 0 Å². The molecule has 3 amide bonds. The third-order valence-corrected chi connectivity index (χ3v) is 5.91. The summed E-state index contributed by atoms with van der Waals surface area (Å²) in [7, 11) is 0. The first kappa shape index (κ1) is 32.3. The molecule has 0 bridgehead atoms. The standard InChI is InChI=1S/C20H27F3N4O5.C4H4O4/c1-19(31)16(28)24-18(30)27(17(19)29)8-4-7-25-9-11-26(12-10-25)14-5-2-3-6-15(14)32-13-20(21,22)23;5-3(6)1-2-4(7)8/h2-3,5-6,16,28,31H,4,7-13H2,1H3,(H,24,30);1-2H,(H,5,6)(H,7,8)/b;2-1+/t16-,19+;/m0./s1. The maximum atomic E-state index is 12.5. The van der Waals surface area contributed by atoms with Crippen LogP contribution in [0, 0.1) is 0 Å². The molecule has 40 heavy (non-hydrogen) atoms. The molecule has 222 valence electrons. The van der Waals surface area contributed by atoms with Crippen LogP contribution in [0.5, 0.6) is 5.75 Å². The summed E-state index contributed by atoms with van der Waals surface area (Å²) >= 11 is 0. The monoisotopic (exact) mass is 576 g/mol. The number of aliphatic carboxylic acids is 2. The van der Waals surface area contributed by atoms with E-state index in [0.717, 1.165) is 11.8 Å². The summed E-state index contributed by atoms with van der Waals surface area (Å²) in [6, 6.07) is 5.85. The zero-order valence-electron chi connectivity index (χ0n) is 21.5. The topological polar surface area (TPSA) is 180 Å². The van der Waals surface area contributed by atoms with Gasteiger partial charge in [0.05, 0.1) is 5.69 Å². The second-order valence-corrected chi connectivity index (χ2v) is 9.02. The van der Waals surface area contributed by atoms with Gasteiger partial charge in [0.1, 0.15) is 5.75 Å². The summed E-state index contributed by atoms with van der Waals surface area (Å²) in [5.41, 5.74) is -1.48. The number of amides is 3. The lowest BCUT2D eigenvalue weighted by molar-refractivity contribution is -0.165. The van der Waals surface area contributed by atoms with Crippen LogP contribution in [0.2, 0.25) is 0 Å². The van der Waals surface area contributed by atoms with Crippen LogP contribution in [0.3, 0.4) is 0 Å². The molecule has 2 aliphatic heterocycles. The van der Waals surface area contributed by atoms with Gasteiger partial charge >= 0.3 is 24.1 Å². The number of alkyl halides is 3. The maximum Gasteiger partial charge on any atom is 0.422 e. The molecule has 5 N–H and O–H groups in total. The molecule has 2 heterocycles. The minimum absolute atomic E-state index is 0.0852. The molecule has 2 atom stereocenters. The van der Waals surface area contributed by atoms with Crippen LogP contribution in [0.4, 0.5) is 23.7 Å². The first-order valence-electron chi connectivity index (χ1n) is 12.0. The minimum Gasteiger partial charge on any atom is -0.482 e. The van der Waals surface area contributed by atoms with E-state index in [0.29, 0.717) is 57.0 Å². The highest BCUT2D eigenvalue weighted by Gasteiger charge is 2.48. The normalized spacial score (nSPS) is 22.0. The number of nitrogens with one attached hydrogen (secondary N) is 1. The van der Waals surface area contributed by atoms with E-state index in [9.17, 15) is 42.6 Å². The zero-order valence-corrected chi connectivity index (χ0v) is 21.5. The molecule has 0 aromatic heterocycles. The quantitative estimate of drug-likeness (QED) is 0.258. The fourth-order valence-corrected chi connectivity index (χ4v) is 3.83. The van der Waals surface area contributed by atoms with Crippen LogP contribution in [-0.2, 0) is 14.4 Å². The van der Waals surface area contributed by atoms with Gasteiger partial charge in [-0.2, -0.15) is 13.2 Å². The molecule has 16 heteroatoms. The largest absolute Gasteiger partial charge is 0.482 e. The smallest absolute Gasteiger partial charge is 0.422 e. The average molecular weight is 577 g/mol. The number of halogens is 3. The second kappa shape index (κ2) is 14.0. The zero-order chi connectivity index (χ0) is 30.1. The molecular weight excluding hydrogens is 545 g/mol. The molecule has 0 aliphatic carbocycles. The first-order valence-corrected chi connectivity index (χ1v) is 12.0. The molecule has 2 aliphatic rings. The number of para-hydroxylation sites is 2. The number of nitrogens with zero attached hydrogens (tertiary/aromatic N) is 3. The molecular formula is C24H31F3N4O9. The van der Waals surface area contributed by atoms with E-state index in [1.54, 1.807) is 18.2 Å². The molecule has 1 aromatic rings. The number of aliphatic hydroxyl groups is 2. The molecule has 3 rings (SSSR count). The third-order valence-electron chi connectivity index (χ3n) is 5.91. The van der Waals surface area contributed by atoms with E-state index >= 15 is 0 Å². The second-order valence-electron chi connectivity index (χ2n) is 9.02. The number of aliphatic hydroxyl groups excluding tert-OH is 1. The minimum atomic E-state index is -4.41. The summed E-state index contributed by atoms with van der Waals surface area (Å²) < 4.78 is 42.5. The van der Waals surface area contributed by atoms with Crippen LogP contribution in [0.15, 0.2) is 36.4 Å². The van der Waals surface area contributed by atoms with Crippen LogP contribution in [-0.4, -0.2) is 118 Å². The van der Waals surface area contributed by atoms with Crippen molar-refractivity contribution < 1.29 is 57.5 Å². The number of carboxylic acid groups (broad SMARTS) is 2. The Balaban J connectivity index is 0.000000611. The average Bonchev–Trinajstić information content (AvgIpc) is 2.88. The highest BCUT2D eigenvalue weighted by molar-refractivity contribution is 6.01. The van der Waals surface area contributed by atoms with Crippen molar-refractivity contribution in [3.05, 3.63) is 36.4 Å². The van der Waals surface area contributed by atoms with Crippen LogP contribution >= 0.6 is 0 Å². The van der Waals surface area contributed by atoms with Gasteiger partial charge in [-0.05, 0) is 32.0 Å². The number of ether oxygens (including phenoxy) is 1. The highest BCUT2D eigenvalue weighted by Crippen LogP contribution is 2.30. The van der Waals surface area contributed by atoms with Gasteiger partial charge in [0, 0.05) is 44.9 Å². The lowest BCUT2D eigenvalue weighted by Crippen LogP contribution is -2.68. The Hall–Kier alpha value is -3.89. The van der Waals surface area contributed by atoms with Crippen molar-refractivity contribution in [1.29, 1.82) is 0 Å². The summed E-state index contributed by atoms with van der Waals surface area (Å²) in [5, 5.41) is 37.5. The summed E-state index contributed by atoms with van der Waals surface area (Å²) in [4.78, 5) is 48.3. The van der Waals surface area contributed by atoms with Crippen molar-refractivity contribution in [2.45, 2.75) is 31.3 Å². The molecule has 2 saturated heterocycles. The number of imide groups is 1. The molecule has 0 radical (unpaired) electrons. The van der Waals surface area contributed by atoms with E-state index in [1.165, 1.54) is 6.07 Å². The van der Waals surface area contributed by atoms with Crippen molar-refractivity contribution in [2.75, 3.05) is 50.8 Å². The molecule has 0 spiro atoms. The van der Waals surface area contributed by atoms with Crippen molar-refractivity contribution in [1.82, 2.24) is 15.1 Å². The van der Waals surface area contributed by atoms with E-state index in [4.69, 9.17) is 14.9 Å². The van der Waals surface area contributed by atoms with Gasteiger partial charge in [-0.25, -0.2) is 14.4 Å².